The van der Waals surface area contributed by atoms with Crippen LogP contribution in [0.3, 0.4) is 0 Å². The van der Waals surface area contributed by atoms with E-state index in [1.165, 1.54) is 19.3 Å². The maximum atomic E-state index is 4.57. The summed E-state index contributed by atoms with van der Waals surface area (Å²) in [6.45, 7) is 6.41. The predicted octanol–water partition coefficient (Wildman–Crippen LogP) is 2.45. The van der Waals surface area contributed by atoms with Crippen molar-refractivity contribution < 1.29 is 0 Å². The molecule has 0 saturated carbocycles. The summed E-state index contributed by atoms with van der Waals surface area (Å²) in [7, 11) is 1.89. The molecule has 2 N–H and O–H groups in total. The van der Waals surface area contributed by atoms with E-state index in [1.54, 1.807) is 0 Å². The van der Waals surface area contributed by atoms with Gasteiger partial charge in [-0.15, -0.1) is 0 Å². The predicted molar refractivity (Wildman–Crippen MR) is 74.7 cm³/mol. The van der Waals surface area contributed by atoms with E-state index < -0.39 is 0 Å². The molecule has 0 amide bonds. The molecule has 0 atom stereocenters. The molecule has 1 aromatic rings. The van der Waals surface area contributed by atoms with Gasteiger partial charge in [-0.2, -0.15) is 0 Å². The zero-order valence-corrected chi connectivity index (χ0v) is 11.5. The number of aromatic nitrogens is 2. The van der Waals surface area contributed by atoms with Gasteiger partial charge in [0.1, 0.15) is 17.5 Å². The number of nitrogens with one attached hydrogen (secondary N) is 2. The third kappa shape index (κ3) is 3.32. The quantitative estimate of drug-likeness (QED) is 0.858. The fourth-order valence-corrected chi connectivity index (χ4v) is 2.08. The van der Waals surface area contributed by atoms with Crippen LogP contribution in [-0.4, -0.2) is 35.1 Å². The lowest BCUT2D eigenvalue weighted by Crippen LogP contribution is -2.35. The molecule has 1 fully saturated rings. The molecule has 1 saturated heterocycles. The number of rotatable bonds is 4. The molecule has 1 aliphatic rings. The van der Waals surface area contributed by atoms with Crippen molar-refractivity contribution in [3.8, 4) is 0 Å². The van der Waals surface area contributed by atoms with Crippen molar-refractivity contribution >= 4 is 11.6 Å². The minimum Gasteiger partial charge on any atom is -0.373 e. The first-order valence-corrected chi connectivity index (χ1v) is 6.77. The van der Waals surface area contributed by atoms with E-state index in [9.17, 15) is 0 Å². The lowest BCUT2D eigenvalue weighted by molar-refractivity contribution is 0.272. The summed E-state index contributed by atoms with van der Waals surface area (Å²) in [6, 6.07) is 1.96. The molecule has 0 aromatic carbocycles. The van der Waals surface area contributed by atoms with Gasteiger partial charge in [-0.1, -0.05) is 20.3 Å². The number of hydrogen-bond donors (Lipinski definition) is 2. The Morgan fingerprint density at radius 2 is 1.78 bits per heavy atom. The minimum absolute atomic E-state index is 0.334. The molecule has 0 spiro atoms. The Bertz CT molecular complexity index is 385. The van der Waals surface area contributed by atoms with Crippen molar-refractivity contribution in [3.05, 3.63) is 11.9 Å². The average Bonchev–Trinajstić information content (AvgIpc) is 2.39. The molecule has 0 aliphatic carbocycles. The van der Waals surface area contributed by atoms with Gasteiger partial charge in [-0.3, -0.25) is 0 Å². The summed E-state index contributed by atoms with van der Waals surface area (Å²) in [4.78, 5) is 9.03. The maximum absolute atomic E-state index is 4.57. The highest BCUT2D eigenvalue weighted by Gasteiger charge is 2.12. The normalized spacial score (nSPS) is 16.9. The van der Waals surface area contributed by atoms with Crippen LogP contribution < -0.4 is 10.7 Å². The van der Waals surface area contributed by atoms with Crippen molar-refractivity contribution in [2.24, 2.45) is 0 Å². The Balaban J connectivity index is 2.12. The molecule has 18 heavy (non-hydrogen) atoms. The van der Waals surface area contributed by atoms with Crippen molar-refractivity contribution in [1.29, 1.82) is 0 Å². The van der Waals surface area contributed by atoms with E-state index in [0.717, 1.165) is 30.5 Å². The smallest absolute Gasteiger partial charge is 0.146 e. The third-order valence-corrected chi connectivity index (χ3v) is 3.14. The first-order chi connectivity index (χ1) is 8.69. The second-order valence-corrected chi connectivity index (χ2v) is 5.06. The Hall–Kier alpha value is -1.36. The second-order valence-electron chi connectivity index (χ2n) is 5.06. The van der Waals surface area contributed by atoms with Gasteiger partial charge >= 0.3 is 0 Å². The fraction of sp³-hybridized carbons (Fsp3) is 0.692. The molecule has 0 unspecified atom stereocenters. The van der Waals surface area contributed by atoms with Crippen LogP contribution in [0.1, 0.15) is 44.9 Å². The average molecular weight is 249 g/mol. The van der Waals surface area contributed by atoms with Crippen LogP contribution in [-0.2, 0) is 0 Å². The summed E-state index contributed by atoms with van der Waals surface area (Å²) in [5.41, 5.74) is 3.39. The van der Waals surface area contributed by atoms with Crippen molar-refractivity contribution in [1.82, 2.24) is 15.0 Å². The summed E-state index contributed by atoms with van der Waals surface area (Å²) in [6.07, 6.45) is 3.85. The van der Waals surface area contributed by atoms with E-state index in [1.807, 2.05) is 13.1 Å². The van der Waals surface area contributed by atoms with Gasteiger partial charge in [0.2, 0.25) is 0 Å². The van der Waals surface area contributed by atoms with Gasteiger partial charge in [-0.25, -0.2) is 15.0 Å². The molecular formula is C13H23N5. The number of hydrogen-bond acceptors (Lipinski definition) is 5. The summed E-state index contributed by atoms with van der Waals surface area (Å²) in [5.74, 6) is 2.97. The maximum Gasteiger partial charge on any atom is 0.146 e. The monoisotopic (exact) mass is 249 g/mol. The molecule has 100 valence electrons. The Morgan fingerprint density at radius 1 is 1.11 bits per heavy atom. The Labute approximate surface area is 109 Å². The van der Waals surface area contributed by atoms with Crippen molar-refractivity contribution in [3.63, 3.8) is 0 Å². The highest BCUT2D eigenvalue weighted by molar-refractivity contribution is 5.47. The number of piperidine rings is 1. The van der Waals surface area contributed by atoms with Gasteiger partial charge in [0.25, 0.3) is 0 Å². The molecule has 1 aliphatic heterocycles. The Morgan fingerprint density at radius 3 is 2.39 bits per heavy atom. The standard InChI is InChI=1S/C13H23N5/c1-10(2)13-15-11(14-3)9-12(16-13)17-18-7-5-4-6-8-18/h9-10H,4-8H2,1-3H3,(H2,14,15,16,17). The topological polar surface area (TPSA) is 53.1 Å². The molecule has 2 rings (SSSR count). The van der Waals surface area contributed by atoms with Crippen LogP contribution in [0, 0.1) is 0 Å². The number of nitrogens with zero attached hydrogens (tertiary/aromatic N) is 3. The highest BCUT2D eigenvalue weighted by Crippen LogP contribution is 2.18. The largest absolute Gasteiger partial charge is 0.373 e. The van der Waals surface area contributed by atoms with Crippen LogP contribution in [0.25, 0.3) is 0 Å². The fourth-order valence-electron chi connectivity index (χ4n) is 2.08. The zero-order valence-electron chi connectivity index (χ0n) is 11.5. The van der Waals surface area contributed by atoms with Gasteiger partial charge < -0.3 is 10.7 Å². The molecule has 2 heterocycles. The van der Waals surface area contributed by atoms with Crippen LogP contribution in [0.4, 0.5) is 11.6 Å². The van der Waals surface area contributed by atoms with Crippen LogP contribution in [0.15, 0.2) is 6.07 Å². The summed E-state index contributed by atoms with van der Waals surface area (Å²) < 4.78 is 0. The lowest BCUT2D eigenvalue weighted by Gasteiger charge is -2.27. The first-order valence-electron chi connectivity index (χ1n) is 6.77. The number of anilines is 2. The van der Waals surface area contributed by atoms with E-state index in [2.05, 4.69) is 39.6 Å². The van der Waals surface area contributed by atoms with Crippen LogP contribution in [0.5, 0.6) is 0 Å². The van der Waals surface area contributed by atoms with Gasteiger partial charge in [0.05, 0.1) is 0 Å². The van der Waals surface area contributed by atoms with E-state index >= 15 is 0 Å². The summed E-state index contributed by atoms with van der Waals surface area (Å²) >= 11 is 0. The number of hydrazine groups is 1. The van der Waals surface area contributed by atoms with E-state index in [4.69, 9.17) is 0 Å². The Kier molecular flexibility index (Phi) is 4.36. The third-order valence-electron chi connectivity index (χ3n) is 3.14. The van der Waals surface area contributed by atoms with Crippen molar-refractivity contribution in [2.75, 3.05) is 30.9 Å². The van der Waals surface area contributed by atoms with Crippen LogP contribution >= 0.6 is 0 Å². The van der Waals surface area contributed by atoms with Crippen LogP contribution in [0.2, 0.25) is 0 Å². The zero-order chi connectivity index (χ0) is 13.0. The molecular weight excluding hydrogens is 226 g/mol. The SMILES string of the molecule is CNc1cc(NN2CCCCC2)nc(C(C)C)n1. The molecule has 1 aromatic heterocycles. The molecule has 0 bridgehead atoms. The second kappa shape index (κ2) is 6.00. The summed E-state index contributed by atoms with van der Waals surface area (Å²) in [5, 5.41) is 5.34. The minimum atomic E-state index is 0.334. The first kappa shape index (κ1) is 13.1. The molecule has 5 nitrogen and oxygen atoms in total. The molecule has 5 heteroatoms. The highest BCUT2D eigenvalue weighted by atomic mass is 15.5. The lowest BCUT2D eigenvalue weighted by atomic mass is 10.2. The van der Waals surface area contributed by atoms with Gasteiger partial charge in [-0.05, 0) is 12.8 Å². The van der Waals surface area contributed by atoms with E-state index in [0.29, 0.717) is 5.92 Å². The van der Waals surface area contributed by atoms with Gasteiger partial charge in [0, 0.05) is 32.1 Å². The van der Waals surface area contributed by atoms with Crippen molar-refractivity contribution in [2.45, 2.75) is 39.0 Å². The molecule has 0 radical (unpaired) electrons. The van der Waals surface area contributed by atoms with Gasteiger partial charge in [0.15, 0.2) is 0 Å². The van der Waals surface area contributed by atoms with E-state index in [-0.39, 0.29) is 0 Å².